The Kier molecular flexibility index (Phi) is 10.2. The van der Waals surface area contributed by atoms with Crippen molar-refractivity contribution in [3.8, 4) is 0 Å². The first-order valence-corrected chi connectivity index (χ1v) is 13.5. The molecule has 0 aliphatic heterocycles. The fourth-order valence-electron chi connectivity index (χ4n) is 2.90. The second-order valence-corrected chi connectivity index (χ2v) is 10.6. The van der Waals surface area contributed by atoms with Crippen molar-refractivity contribution in [3.05, 3.63) is 59.7 Å². The highest BCUT2D eigenvalue weighted by Gasteiger charge is 2.25. The molecule has 0 heterocycles. The van der Waals surface area contributed by atoms with E-state index in [0.717, 1.165) is 11.1 Å². The summed E-state index contributed by atoms with van der Waals surface area (Å²) in [7, 11) is -3.83. The smallest absolute Gasteiger partial charge is 0.319 e. The molecule has 0 aliphatic carbocycles. The Hall–Kier alpha value is -2.56. The minimum Gasteiger partial charge on any atom is -0.351 e. The normalized spacial score (nSPS) is 12.3. The lowest BCUT2D eigenvalue weighted by Crippen LogP contribution is -2.46. The Labute approximate surface area is 200 Å². The van der Waals surface area contributed by atoms with Crippen molar-refractivity contribution in [2.75, 3.05) is 17.3 Å². The van der Waals surface area contributed by atoms with Gasteiger partial charge < -0.3 is 16.0 Å². The topological polar surface area (TPSA) is 116 Å². The summed E-state index contributed by atoms with van der Waals surface area (Å²) in [6.45, 7) is 5.86. The van der Waals surface area contributed by atoms with Crippen molar-refractivity contribution in [1.82, 2.24) is 15.4 Å². The molecule has 10 heteroatoms. The van der Waals surface area contributed by atoms with Crippen LogP contribution in [-0.4, -0.2) is 44.4 Å². The number of nitrogens with one attached hydrogen (secondary N) is 4. The van der Waals surface area contributed by atoms with E-state index in [9.17, 15) is 18.0 Å². The Morgan fingerprint density at radius 1 is 1.00 bits per heavy atom. The van der Waals surface area contributed by atoms with Crippen LogP contribution >= 0.6 is 11.8 Å². The fraction of sp³-hybridized carbons (Fsp3) is 0.391. The fourth-order valence-corrected chi connectivity index (χ4v) is 4.60. The van der Waals surface area contributed by atoms with Gasteiger partial charge in [-0.2, -0.15) is 16.5 Å². The molecular formula is C23H32N4O4S2. The monoisotopic (exact) mass is 492 g/mol. The number of aryl methyl sites for hydroxylation is 1. The maximum absolute atomic E-state index is 12.8. The van der Waals surface area contributed by atoms with Gasteiger partial charge in [0, 0.05) is 18.3 Å². The zero-order valence-corrected chi connectivity index (χ0v) is 21.0. The van der Waals surface area contributed by atoms with Gasteiger partial charge in [0.25, 0.3) is 0 Å². The van der Waals surface area contributed by atoms with Crippen molar-refractivity contribution in [1.29, 1.82) is 0 Å². The number of benzene rings is 2. The molecule has 0 aromatic heterocycles. The van der Waals surface area contributed by atoms with Crippen LogP contribution in [0.4, 0.5) is 10.5 Å². The van der Waals surface area contributed by atoms with Crippen molar-refractivity contribution in [2.45, 2.75) is 50.7 Å². The minimum absolute atomic E-state index is 0.0296. The summed E-state index contributed by atoms with van der Waals surface area (Å²) in [4.78, 5) is 24.7. The summed E-state index contributed by atoms with van der Waals surface area (Å²) >= 11 is 1.54. The molecule has 2 aromatic rings. The highest BCUT2D eigenvalue weighted by Crippen LogP contribution is 2.13. The van der Waals surface area contributed by atoms with Crippen LogP contribution in [0.15, 0.2) is 53.4 Å². The third-order valence-corrected chi connectivity index (χ3v) is 6.79. The van der Waals surface area contributed by atoms with E-state index in [1.54, 1.807) is 48.2 Å². The van der Waals surface area contributed by atoms with Crippen LogP contribution in [0.1, 0.15) is 31.4 Å². The zero-order chi connectivity index (χ0) is 24.4. The van der Waals surface area contributed by atoms with Gasteiger partial charge in [-0.3, -0.25) is 4.79 Å². The maximum Gasteiger partial charge on any atom is 0.319 e. The third kappa shape index (κ3) is 9.07. The lowest BCUT2D eigenvalue weighted by Gasteiger charge is -2.18. The Balaban J connectivity index is 1.99. The summed E-state index contributed by atoms with van der Waals surface area (Å²) < 4.78 is 28.0. The first-order chi connectivity index (χ1) is 15.6. The predicted molar refractivity (Wildman–Crippen MR) is 134 cm³/mol. The number of carbonyl (C=O) groups excluding carboxylic acids is 2. The van der Waals surface area contributed by atoms with Crippen molar-refractivity contribution in [3.63, 3.8) is 0 Å². The number of thioether (sulfide) groups is 1. The second kappa shape index (κ2) is 12.6. The Bertz CT molecular complexity index is 1020. The number of rotatable bonds is 11. The molecule has 2 aromatic carbocycles. The highest BCUT2D eigenvalue weighted by atomic mass is 32.2. The van der Waals surface area contributed by atoms with E-state index in [4.69, 9.17) is 0 Å². The van der Waals surface area contributed by atoms with Crippen molar-refractivity contribution in [2.24, 2.45) is 0 Å². The van der Waals surface area contributed by atoms with E-state index in [2.05, 4.69) is 20.7 Å². The van der Waals surface area contributed by atoms with Gasteiger partial charge >= 0.3 is 6.03 Å². The van der Waals surface area contributed by atoms with Crippen LogP contribution in [-0.2, 0) is 21.4 Å². The summed E-state index contributed by atoms with van der Waals surface area (Å²) in [6, 6.07) is 12.4. The van der Waals surface area contributed by atoms with E-state index in [-0.39, 0.29) is 23.5 Å². The van der Waals surface area contributed by atoms with Crippen LogP contribution in [0.25, 0.3) is 0 Å². The average Bonchev–Trinajstić information content (AvgIpc) is 2.75. The summed E-state index contributed by atoms with van der Waals surface area (Å²) in [6.07, 6.45) is 2.27. The zero-order valence-electron chi connectivity index (χ0n) is 19.3. The van der Waals surface area contributed by atoms with E-state index < -0.39 is 22.0 Å². The molecule has 33 heavy (non-hydrogen) atoms. The molecule has 2 rings (SSSR count). The average molecular weight is 493 g/mol. The van der Waals surface area contributed by atoms with E-state index in [0.29, 0.717) is 17.9 Å². The minimum atomic E-state index is -3.83. The molecule has 4 N–H and O–H groups in total. The number of hydrogen-bond donors (Lipinski definition) is 4. The molecule has 180 valence electrons. The van der Waals surface area contributed by atoms with Crippen LogP contribution in [0, 0.1) is 6.92 Å². The molecule has 0 saturated heterocycles. The molecule has 0 spiro atoms. The number of amides is 3. The van der Waals surface area contributed by atoms with E-state index in [1.165, 1.54) is 12.1 Å². The van der Waals surface area contributed by atoms with Gasteiger partial charge in [-0.25, -0.2) is 13.2 Å². The molecule has 1 unspecified atom stereocenters. The molecule has 8 nitrogen and oxygen atoms in total. The molecule has 0 fully saturated rings. The number of hydrogen-bond acceptors (Lipinski definition) is 5. The molecular weight excluding hydrogens is 460 g/mol. The SMILES string of the molecule is CSCCC(NS(=O)(=O)c1ccc(C)cc1)C(=O)NCc1ccc(NC(=O)NC(C)C)cc1. The van der Waals surface area contributed by atoms with Gasteiger partial charge in [0.15, 0.2) is 0 Å². The van der Waals surface area contributed by atoms with Crippen molar-refractivity contribution < 1.29 is 18.0 Å². The van der Waals surface area contributed by atoms with Crippen LogP contribution < -0.4 is 20.7 Å². The summed E-state index contributed by atoms with van der Waals surface area (Å²) in [5.41, 5.74) is 2.41. The summed E-state index contributed by atoms with van der Waals surface area (Å²) in [5.74, 6) is 0.242. The molecule has 0 radical (unpaired) electrons. The van der Waals surface area contributed by atoms with Gasteiger partial charge in [-0.1, -0.05) is 29.8 Å². The maximum atomic E-state index is 12.8. The van der Waals surface area contributed by atoms with Gasteiger partial charge in [0.2, 0.25) is 15.9 Å². The van der Waals surface area contributed by atoms with E-state index >= 15 is 0 Å². The van der Waals surface area contributed by atoms with Crippen LogP contribution in [0.2, 0.25) is 0 Å². The number of anilines is 1. The van der Waals surface area contributed by atoms with Crippen LogP contribution in [0.3, 0.4) is 0 Å². The van der Waals surface area contributed by atoms with Gasteiger partial charge in [-0.05, 0) is 69.0 Å². The largest absolute Gasteiger partial charge is 0.351 e. The molecule has 3 amide bonds. The van der Waals surface area contributed by atoms with E-state index in [1.807, 2.05) is 27.0 Å². The van der Waals surface area contributed by atoms with Gasteiger partial charge in [-0.15, -0.1) is 0 Å². The van der Waals surface area contributed by atoms with Crippen molar-refractivity contribution >= 4 is 39.4 Å². The number of urea groups is 1. The molecule has 0 aliphatic rings. The summed E-state index contributed by atoms with van der Waals surface area (Å²) in [5, 5.41) is 8.28. The first-order valence-electron chi connectivity index (χ1n) is 10.6. The third-order valence-electron chi connectivity index (χ3n) is 4.65. The molecule has 1 atom stereocenters. The Morgan fingerprint density at radius 3 is 2.21 bits per heavy atom. The van der Waals surface area contributed by atoms with Crippen LogP contribution in [0.5, 0.6) is 0 Å². The highest BCUT2D eigenvalue weighted by molar-refractivity contribution is 7.98. The lowest BCUT2D eigenvalue weighted by atomic mass is 10.2. The second-order valence-electron chi connectivity index (χ2n) is 7.94. The lowest BCUT2D eigenvalue weighted by molar-refractivity contribution is -0.122. The Morgan fingerprint density at radius 2 is 1.64 bits per heavy atom. The van der Waals surface area contributed by atoms with Gasteiger partial charge in [0.1, 0.15) is 6.04 Å². The molecule has 0 saturated carbocycles. The van der Waals surface area contributed by atoms with Gasteiger partial charge in [0.05, 0.1) is 4.90 Å². The number of sulfonamides is 1. The first kappa shape index (κ1) is 26.7. The quantitative estimate of drug-likeness (QED) is 0.384. The molecule has 0 bridgehead atoms. The number of carbonyl (C=O) groups is 2. The predicted octanol–water partition coefficient (Wildman–Crippen LogP) is 3.24. The standard InChI is InChI=1S/C23H32N4O4S2/c1-16(2)25-23(29)26-19-9-7-18(8-10-19)15-24-22(28)21(13-14-32-4)27-33(30,31)20-11-5-17(3)6-12-20/h5-12,16,21,27H,13-15H2,1-4H3,(H,24,28)(H2,25,26,29).